The summed E-state index contributed by atoms with van der Waals surface area (Å²) in [5.74, 6) is -0.687. The Morgan fingerprint density at radius 2 is 2.00 bits per heavy atom. The lowest BCUT2D eigenvalue weighted by Gasteiger charge is -2.09. The lowest BCUT2D eigenvalue weighted by Crippen LogP contribution is -1.96. The average molecular weight is 294 g/mol. The van der Waals surface area contributed by atoms with Crippen molar-refractivity contribution in [1.82, 2.24) is 4.98 Å². The highest BCUT2D eigenvalue weighted by molar-refractivity contribution is 7.12. The van der Waals surface area contributed by atoms with Crippen molar-refractivity contribution in [1.29, 1.82) is 0 Å². The summed E-state index contributed by atoms with van der Waals surface area (Å²) in [5, 5.41) is 0.811. The van der Waals surface area contributed by atoms with Gasteiger partial charge in [-0.15, -0.1) is 11.3 Å². The Bertz CT molecular complexity index is 618. The molecule has 1 saturated carbocycles. The molecule has 1 aliphatic carbocycles. The highest BCUT2D eigenvalue weighted by Crippen LogP contribution is 2.42. The predicted molar refractivity (Wildman–Crippen MR) is 76.6 cm³/mol. The van der Waals surface area contributed by atoms with Crippen LogP contribution in [0.25, 0.3) is 11.3 Å². The Balaban J connectivity index is 2.09. The second-order valence-corrected chi connectivity index (χ2v) is 6.25. The summed E-state index contributed by atoms with van der Waals surface area (Å²) in [6, 6.07) is 3.66. The number of aromatic nitrogens is 1. The van der Waals surface area contributed by atoms with E-state index in [-0.39, 0.29) is 0 Å². The Morgan fingerprint density at radius 1 is 1.25 bits per heavy atom. The zero-order valence-corrected chi connectivity index (χ0v) is 11.9. The van der Waals surface area contributed by atoms with Crippen LogP contribution in [0.5, 0.6) is 0 Å². The van der Waals surface area contributed by atoms with E-state index in [1.807, 2.05) is 0 Å². The van der Waals surface area contributed by atoms with Crippen LogP contribution >= 0.6 is 11.3 Å². The monoisotopic (exact) mass is 294 g/mol. The van der Waals surface area contributed by atoms with E-state index in [1.165, 1.54) is 25.0 Å². The maximum atomic E-state index is 14.0. The Hall–Kier alpha value is -1.33. The first-order valence-corrected chi connectivity index (χ1v) is 7.65. The number of halogens is 2. The van der Waals surface area contributed by atoms with E-state index in [1.54, 1.807) is 11.3 Å². The molecule has 0 unspecified atom stereocenters. The fraction of sp³-hybridized carbons (Fsp3) is 0.400. The van der Waals surface area contributed by atoms with Crippen LogP contribution in [-0.2, 0) is 6.54 Å². The molecule has 2 nitrogen and oxygen atoms in total. The molecule has 0 aliphatic heterocycles. The number of hydrogen-bond donors (Lipinski definition) is 1. The Labute approximate surface area is 120 Å². The standard InChI is InChI=1S/C15H16F2N2S/c16-10-5-6-11(12(17)7-10)14-15(9-3-1-2-4-9)20-13(8-18)19-14/h5-7,9H,1-4,8,18H2. The van der Waals surface area contributed by atoms with Gasteiger partial charge in [0, 0.05) is 23.1 Å². The van der Waals surface area contributed by atoms with E-state index >= 15 is 0 Å². The van der Waals surface area contributed by atoms with Crippen LogP contribution in [0.1, 0.15) is 41.5 Å². The van der Waals surface area contributed by atoms with Gasteiger partial charge in [0.25, 0.3) is 0 Å². The van der Waals surface area contributed by atoms with Crippen LogP contribution in [0, 0.1) is 11.6 Å². The molecule has 2 aromatic rings. The third-order valence-corrected chi connectivity index (χ3v) is 5.02. The van der Waals surface area contributed by atoms with Crippen LogP contribution in [0.2, 0.25) is 0 Å². The van der Waals surface area contributed by atoms with E-state index in [2.05, 4.69) is 4.98 Å². The lowest BCUT2D eigenvalue weighted by molar-refractivity contribution is 0.585. The molecule has 5 heteroatoms. The average Bonchev–Trinajstić information content (AvgIpc) is 3.07. The lowest BCUT2D eigenvalue weighted by atomic mass is 10.0. The highest BCUT2D eigenvalue weighted by Gasteiger charge is 2.25. The maximum Gasteiger partial charge on any atom is 0.135 e. The first kappa shape index (κ1) is 13.6. The highest BCUT2D eigenvalue weighted by atomic mass is 32.1. The first-order chi connectivity index (χ1) is 9.69. The van der Waals surface area contributed by atoms with Gasteiger partial charge in [0.1, 0.15) is 16.6 Å². The minimum Gasteiger partial charge on any atom is -0.325 e. The number of nitrogens with zero attached hydrogens (tertiary/aromatic N) is 1. The third-order valence-electron chi connectivity index (χ3n) is 3.78. The molecule has 0 saturated heterocycles. The van der Waals surface area contributed by atoms with E-state index < -0.39 is 11.6 Å². The number of thiazole rings is 1. The van der Waals surface area contributed by atoms with Gasteiger partial charge in [-0.2, -0.15) is 0 Å². The van der Waals surface area contributed by atoms with Gasteiger partial charge in [-0.3, -0.25) is 0 Å². The summed E-state index contributed by atoms with van der Waals surface area (Å²) in [4.78, 5) is 5.57. The molecule has 1 fully saturated rings. The van der Waals surface area contributed by atoms with Crippen LogP contribution in [-0.4, -0.2) is 4.98 Å². The second kappa shape index (κ2) is 5.58. The molecule has 0 atom stereocenters. The van der Waals surface area contributed by atoms with E-state index in [9.17, 15) is 8.78 Å². The molecule has 20 heavy (non-hydrogen) atoms. The van der Waals surface area contributed by atoms with E-state index in [0.29, 0.717) is 23.7 Å². The number of nitrogens with two attached hydrogens (primary N) is 1. The van der Waals surface area contributed by atoms with Crippen LogP contribution < -0.4 is 5.73 Å². The number of rotatable bonds is 3. The normalized spacial score (nSPS) is 15.9. The molecular weight excluding hydrogens is 278 g/mol. The van der Waals surface area contributed by atoms with Gasteiger partial charge < -0.3 is 5.73 Å². The summed E-state index contributed by atoms with van der Waals surface area (Å²) in [6.07, 6.45) is 4.63. The minimum atomic E-state index is -0.567. The molecule has 0 spiro atoms. The van der Waals surface area contributed by atoms with Crippen LogP contribution in [0.4, 0.5) is 8.78 Å². The van der Waals surface area contributed by atoms with Crippen LogP contribution in [0.3, 0.4) is 0 Å². The predicted octanol–water partition coefficient (Wildman–Crippen LogP) is 4.20. The first-order valence-electron chi connectivity index (χ1n) is 6.84. The fourth-order valence-corrected chi connectivity index (χ4v) is 3.93. The molecule has 0 radical (unpaired) electrons. The van der Waals surface area contributed by atoms with Gasteiger partial charge >= 0.3 is 0 Å². The van der Waals surface area contributed by atoms with Gasteiger partial charge in [-0.05, 0) is 30.9 Å². The molecule has 3 rings (SSSR count). The van der Waals surface area contributed by atoms with Crippen molar-refractivity contribution in [3.8, 4) is 11.3 Å². The van der Waals surface area contributed by atoms with Crippen molar-refractivity contribution < 1.29 is 8.78 Å². The molecule has 106 valence electrons. The molecule has 2 N–H and O–H groups in total. The van der Waals surface area contributed by atoms with Gasteiger partial charge in [-0.25, -0.2) is 13.8 Å². The quantitative estimate of drug-likeness (QED) is 0.921. The fourth-order valence-electron chi connectivity index (χ4n) is 2.80. The third kappa shape index (κ3) is 2.47. The molecule has 1 aromatic carbocycles. The maximum absolute atomic E-state index is 14.0. The van der Waals surface area contributed by atoms with Crippen molar-refractivity contribution in [2.24, 2.45) is 5.73 Å². The van der Waals surface area contributed by atoms with Gasteiger partial charge in [0.05, 0.1) is 5.69 Å². The topological polar surface area (TPSA) is 38.9 Å². The van der Waals surface area contributed by atoms with Crippen molar-refractivity contribution in [3.05, 3.63) is 39.7 Å². The smallest absolute Gasteiger partial charge is 0.135 e. The van der Waals surface area contributed by atoms with E-state index in [0.717, 1.165) is 28.8 Å². The summed E-state index contributed by atoms with van der Waals surface area (Å²) < 4.78 is 27.1. The summed E-state index contributed by atoms with van der Waals surface area (Å²) in [6.45, 7) is 0.354. The van der Waals surface area contributed by atoms with Gasteiger partial charge in [0.15, 0.2) is 0 Å². The number of benzene rings is 1. The largest absolute Gasteiger partial charge is 0.325 e. The summed E-state index contributed by atoms with van der Waals surface area (Å²) in [7, 11) is 0. The molecule has 1 aliphatic rings. The summed E-state index contributed by atoms with van der Waals surface area (Å²) in [5.41, 5.74) is 6.70. The van der Waals surface area contributed by atoms with Crippen LogP contribution in [0.15, 0.2) is 18.2 Å². The van der Waals surface area contributed by atoms with Crippen molar-refractivity contribution >= 4 is 11.3 Å². The molecular formula is C15H16F2N2S. The molecule has 0 amide bonds. The Kier molecular flexibility index (Phi) is 3.81. The van der Waals surface area contributed by atoms with Crippen molar-refractivity contribution in [2.75, 3.05) is 0 Å². The second-order valence-electron chi connectivity index (χ2n) is 5.13. The van der Waals surface area contributed by atoms with E-state index in [4.69, 9.17) is 5.73 Å². The van der Waals surface area contributed by atoms with Gasteiger partial charge in [-0.1, -0.05) is 12.8 Å². The minimum absolute atomic E-state index is 0.354. The Morgan fingerprint density at radius 3 is 2.65 bits per heavy atom. The SMILES string of the molecule is NCc1nc(-c2ccc(F)cc2F)c(C2CCCC2)s1. The number of hydrogen-bond acceptors (Lipinski definition) is 3. The zero-order valence-electron chi connectivity index (χ0n) is 11.0. The molecule has 0 bridgehead atoms. The van der Waals surface area contributed by atoms with Crippen molar-refractivity contribution in [3.63, 3.8) is 0 Å². The zero-order chi connectivity index (χ0) is 14.1. The molecule has 1 aromatic heterocycles. The van der Waals surface area contributed by atoms with Crippen molar-refractivity contribution in [2.45, 2.75) is 38.1 Å². The summed E-state index contributed by atoms with van der Waals surface area (Å²) >= 11 is 1.57. The van der Waals surface area contributed by atoms with Gasteiger partial charge in [0.2, 0.25) is 0 Å². The molecule has 1 heterocycles.